The predicted octanol–water partition coefficient (Wildman–Crippen LogP) is 6.06. The number of carbonyl (C=O) groups excluding carboxylic acids is 2. The maximum absolute atomic E-state index is 12.9. The number of rotatable bonds is 6. The van der Waals surface area contributed by atoms with E-state index in [1.165, 1.54) is 23.9 Å². The van der Waals surface area contributed by atoms with Crippen molar-refractivity contribution < 1.29 is 22.8 Å². The molecule has 176 valence electrons. The van der Waals surface area contributed by atoms with Gasteiger partial charge in [0.1, 0.15) is 5.37 Å². The van der Waals surface area contributed by atoms with Crippen molar-refractivity contribution in [3.8, 4) is 0 Å². The third-order valence-electron chi connectivity index (χ3n) is 5.40. The molecule has 0 spiro atoms. The fourth-order valence-electron chi connectivity index (χ4n) is 3.63. The molecule has 4 nitrogen and oxygen atoms in total. The van der Waals surface area contributed by atoms with Crippen molar-refractivity contribution in [2.24, 2.45) is 0 Å². The third-order valence-corrected chi connectivity index (χ3v) is 6.91. The first-order valence-corrected chi connectivity index (χ1v) is 11.8. The molecule has 0 radical (unpaired) electrons. The highest BCUT2D eigenvalue weighted by Gasteiger charge is 2.33. The van der Waals surface area contributed by atoms with E-state index >= 15 is 0 Å². The Bertz CT molecular complexity index is 1180. The molecule has 1 fully saturated rings. The topological polar surface area (TPSA) is 49.4 Å². The zero-order chi connectivity index (χ0) is 24.3. The molecular weight excluding hydrogens is 485 g/mol. The van der Waals surface area contributed by atoms with Gasteiger partial charge in [-0.05, 0) is 53.1 Å². The summed E-state index contributed by atoms with van der Waals surface area (Å²) in [5.74, 6) is 0.0160. The zero-order valence-electron chi connectivity index (χ0n) is 17.8. The highest BCUT2D eigenvalue weighted by atomic mass is 35.5. The number of carbonyl (C=O) groups is 2. The van der Waals surface area contributed by atoms with Gasteiger partial charge in [-0.3, -0.25) is 9.59 Å². The SMILES string of the molecule is O=C(NCc1cccc(C(F)(F)F)c1)c1ccc(C2SCC(=O)N2Cc2ccc(Cl)cc2)cc1. The molecule has 2 amide bonds. The molecule has 0 aliphatic carbocycles. The molecule has 0 aromatic heterocycles. The Morgan fingerprint density at radius 2 is 1.74 bits per heavy atom. The number of thioether (sulfide) groups is 1. The fourth-order valence-corrected chi connectivity index (χ4v) is 4.94. The largest absolute Gasteiger partial charge is 0.416 e. The summed E-state index contributed by atoms with van der Waals surface area (Å²) in [6.45, 7) is 0.430. The minimum absolute atomic E-state index is 0.0215. The Hall–Kier alpha value is -2.97. The number of hydrogen-bond acceptors (Lipinski definition) is 3. The fraction of sp³-hybridized carbons (Fsp3) is 0.200. The second-order valence-corrected chi connectivity index (χ2v) is 9.32. The molecular formula is C25H20ClF3N2O2S. The van der Waals surface area contributed by atoms with E-state index in [1.54, 1.807) is 41.3 Å². The van der Waals surface area contributed by atoms with Crippen LogP contribution in [0.25, 0.3) is 0 Å². The van der Waals surface area contributed by atoms with Gasteiger partial charge in [-0.25, -0.2) is 0 Å². The maximum atomic E-state index is 12.9. The first-order valence-electron chi connectivity index (χ1n) is 10.4. The predicted molar refractivity (Wildman–Crippen MR) is 126 cm³/mol. The Kier molecular flexibility index (Phi) is 7.19. The van der Waals surface area contributed by atoms with Crippen molar-refractivity contribution in [1.82, 2.24) is 10.2 Å². The normalized spacial score (nSPS) is 16.1. The lowest BCUT2D eigenvalue weighted by Gasteiger charge is -2.24. The summed E-state index contributed by atoms with van der Waals surface area (Å²) in [6, 6.07) is 19.1. The highest BCUT2D eigenvalue weighted by molar-refractivity contribution is 8.00. The van der Waals surface area contributed by atoms with E-state index in [-0.39, 0.29) is 17.8 Å². The molecule has 0 bridgehead atoms. The van der Waals surface area contributed by atoms with Crippen molar-refractivity contribution >= 4 is 35.2 Å². The van der Waals surface area contributed by atoms with Crippen molar-refractivity contribution in [3.05, 3.63) is 106 Å². The summed E-state index contributed by atoms with van der Waals surface area (Å²) in [5, 5.41) is 3.10. The van der Waals surface area contributed by atoms with Crippen LogP contribution in [-0.2, 0) is 24.1 Å². The van der Waals surface area contributed by atoms with Crippen LogP contribution in [0.3, 0.4) is 0 Å². The van der Waals surface area contributed by atoms with Crippen LogP contribution >= 0.6 is 23.4 Å². The summed E-state index contributed by atoms with van der Waals surface area (Å²) in [5.41, 5.74) is 1.85. The van der Waals surface area contributed by atoms with E-state index in [1.807, 2.05) is 12.1 Å². The van der Waals surface area contributed by atoms with Crippen molar-refractivity contribution in [1.29, 1.82) is 0 Å². The van der Waals surface area contributed by atoms with Crippen LogP contribution in [0.15, 0.2) is 72.8 Å². The summed E-state index contributed by atoms with van der Waals surface area (Å²) in [6.07, 6.45) is -4.43. The average Bonchev–Trinajstić information content (AvgIpc) is 3.18. The van der Waals surface area contributed by atoms with Crippen molar-refractivity contribution in [3.63, 3.8) is 0 Å². The highest BCUT2D eigenvalue weighted by Crippen LogP contribution is 2.39. The number of amides is 2. The van der Waals surface area contributed by atoms with Crippen LogP contribution in [0.1, 0.15) is 38.0 Å². The van der Waals surface area contributed by atoms with E-state index in [0.29, 0.717) is 28.4 Å². The Balaban J connectivity index is 1.40. The van der Waals surface area contributed by atoms with Crippen LogP contribution in [0.2, 0.25) is 5.02 Å². The number of nitrogens with one attached hydrogen (secondary N) is 1. The maximum Gasteiger partial charge on any atom is 0.416 e. The minimum Gasteiger partial charge on any atom is -0.348 e. The second kappa shape index (κ2) is 10.1. The molecule has 9 heteroatoms. The molecule has 1 aliphatic heterocycles. The van der Waals surface area contributed by atoms with Crippen LogP contribution in [-0.4, -0.2) is 22.5 Å². The number of benzene rings is 3. The monoisotopic (exact) mass is 504 g/mol. The molecule has 0 saturated carbocycles. The molecule has 1 N–H and O–H groups in total. The van der Waals surface area contributed by atoms with Gasteiger partial charge in [0.15, 0.2) is 0 Å². The van der Waals surface area contributed by atoms with Crippen molar-refractivity contribution in [2.45, 2.75) is 24.6 Å². The van der Waals surface area contributed by atoms with Crippen LogP contribution in [0.4, 0.5) is 13.2 Å². The lowest BCUT2D eigenvalue weighted by atomic mass is 10.1. The minimum atomic E-state index is -4.43. The smallest absolute Gasteiger partial charge is 0.348 e. The zero-order valence-corrected chi connectivity index (χ0v) is 19.4. The molecule has 1 heterocycles. The summed E-state index contributed by atoms with van der Waals surface area (Å²) >= 11 is 7.46. The van der Waals surface area contributed by atoms with E-state index in [4.69, 9.17) is 11.6 Å². The summed E-state index contributed by atoms with van der Waals surface area (Å²) in [7, 11) is 0. The molecule has 1 atom stereocenters. The van der Waals surface area contributed by atoms with Crippen LogP contribution < -0.4 is 5.32 Å². The molecule has 1 saturated heterocycles. The first kappa shape index (κ1) is 24.2. The lowest BCUT2D eigenvalue weighted by molar-refractivity contribution is -0.137. The summed E-state index contributed by atoms with van der Waals surface area (Å²) < 4.78 is 38.6. The third kappa shape index (κ3) is 5.74. The van der Waals surface area contributed by atoms with Gasteiger partial charge in [0.05, 0.1) is 11.3 Å². The quantitative estimate of drug-likeness (QED) is 0.443. The van der Waals surface area contributed by atoms with Gasteiger partial charge in [-0.15, -0.1) is 11.8 Å². The van der Waals surface area contributed by atoms with Gasteiger partial charge in [0.2, 0.25) is 5.91 Å². The number of hydrogen-bond donors (Lipinski definition) is 1. The first-order chi connectivity index (χ1) is 16.2. The van der Waals surface area contributed by atoms with Crippen molar-refractivity contribution in [2.75, 3.05) is 5.75 Å². The molecule has 1 unspecified atom stereocenters. The Morgan fingerprint density at radius 1 is 1.03 bits per heavy atom. The average molecular weight is 505 g/mol. The molecule has 34 heavy (non-hydrogen) atoms. The lowest BCUT2D eigenvalue weighted by Crippen LogP contribution is -2.27. The number of halogens is 4. The molecule has 4 rings (SSSR count). The van der Waals surface area contributed by atoms with Gasteiger partial charge < -0.3 is 10.2 Å². The van der Waals surface area contributed by atoms with Gasteiger partial charge in [-0.1, -0.05) is 48.0 Å². The van der Waals surface area contributed by atoms with E-state index in [0.717, 1.165) is 23.3 Å². The Morgan fingerprint density at radius 3 is 2.41 bits per heavy atom. The standard InChI is InChI=1S/C25H20ClF3N2O2S/c26-21-10-4-16(5-11-21)14-31-22(32)15-34-24(31)19-8-6-18(7-9-19)23(33)30-13-17-2-1-3-20(12-17)25(27,28)29/h1-12,24H,13-15H2,(H,30,33). The van der Waals surface area contributed by atoms with Crippen LogP contribution in [0.5, 0.6) is 0 Å². The van der Waals surface area contributed by atoms with E-state index in [9.17, 15) is 22.8 Å². The molecule has 3 aromatic carbocycles. The van der Waals surface area contributed by atoms with Crippen LogP contribution in [0, 0.1) is 0 Å². The molecule has 3 aromatic rings. The van der Waals surface area contributed by atoms with E-state index < -0.39 is 17.6 Å². The van der Waals surface area contributed by atoms with E-state index in [2.05, 4.69) is 5.32 Å². The van der Waals surface area contributed by atoms with Gasteiger partial charge >= 0.3 is 6.18 Å². The van der Waals surface area contributed by atoms with Gasteiger partial charge in [0, 0.05) is 23.7 Å². The second-order valence-electron chi connectivity index (χ2n) is 7.81. The van der Waals surface area contributed by atoms with Gasteiger partial charge in [0.25, 0.3) is 5.91 Å². The number of nitrogens with zero attached hydrogens (tertiary/aromatic N) is 1. The molecule has 1 aliphatic rings. The number of alkyl halides is 3. The van der Waals surface area contributed by atoms with Gasteiger partial charge in [-0.2, -0.15) is 13.2 Å². The Labute approximate surface area is 204 Å². The summed E-state index contributed by atoms with van der Waals surface area (Å²) in [4.78, 5) is 26.7.